The number of benzene rings is 3. The van der Waals surface area contributed by atoms with Crippen molar-refractivity contribution in [3.05, 3.63) is 90.0 Å². The van der Waals surface area contributed by atoms with Gasteiger partial charge in [-0.25, -0.2) is 0 Å². The molecule has 1 aromatic heterocycles. The highest BCUT2D eigenvalue weighted by molar-refractivity contribution is 7.99. The SMILES string of the molecule is COc1ccc(-c2nnc(SCC(=O)NCCC(c3ccccc3)c3ccccc3)o2)cc1OC. The van der Waals surface area contributed by atoms with Crippen molar-refractivity contribution in [3.8, 4) is 23.0 Å². The molecule has 35 heavy (non-hydrogen) atoms. The number of carbonyl (C=O) groups is 1. The molecule has 0 radical (unpaired) electrons. The molecular weight excluding hydrogens is 462 g/mol. The molecule has 1 N–H and O–H groups in total. The van der Waals surface area contributed by atoms with Crippen molar-refractivity contribution in [2.45, 2.75) is 17.6 Å². The number of methoxy groups -OCH3 is 2. The highest BCUT2D eigenvalue weighted by atomic mass is 32.2. The first kappa shape index (κ1) is 24.3. The van der Waals surface area contributed by atoms with Gasteiger partial charge in [-0.1, -0.05) is 72.4 Å². The Hall–Kier alpha value is -3.78. The number of thioether (sulfide) groups is 1. The van der Waals surface area contributed by atoms with Crippen molar-refractivity contribution in [3.63, 3.8) is 0 Å². The van der Waals surface area contributed by atoms with Crippen molar-refractivity contribution < 1.29 is 18.7 Å². The van der Waals surface area contributed by atoms with Crippen LogP contribution in [0.1, 0.15) is 23.5 Å². The number of hydrogen-bond donors (Lipinski definition) is 1. The van der Waals surface area contributed by atoms with Crippen LogP contribution in [0.3, 0.4) is 0 Å². The predicted molar refractivity (Wildman–Crippen MR) is 136 cm³/mol. The molecule has 4 rings (SSSR count). The van der Waals surface area contributed by atoms with Crippen LogP contribution in [0.4, 0.5) is 0 Å². The van der Waals surface area contributed by atoms with Crippen LogP contribution in [0.25, 0.3) is 11.5 Å². The summed E-state index contributed by atoms with van der Waals surface area (Å²) in [7, 11) is 3.14. The average molecular weight is 490 g/mol. The third-order valence-corrected chi connectivity index (χ3v) is 6.34. The molecule has 1 heterocycles. The number of nitrogens with zero attached hydrogens (tertiary/aromatic N) is 2. The van der Waals surface area contributed by atoms with E-state index in [1.807, 2.05) is 42.5 Å². The van der Waals surface area contributed by atoms with Crippen molar-refractivity contribution in [1.29, 1.82) is 0 Å². The Kier molecular flexibility index (Phi) is 8.40. The Labute approximate surface area is 208 Å². The zero-order valence-corrected chi connectivity index (χ0v) is 20.5. The van der Waals surface area contributed by atoms with E-state index in [2.05, 4.69) is 39.8 Å². The predicted octanol–water partition coefficient (Wildman–Crippen LogP) is 5.18. The van der Waals surface area contributed by atoms with E-state index in [1.165, 1.54) is 22.9 Å². The highest BCUT2D eigenvalue weighted by Gasteiger charge is 2.16. The van der Waals surface area contributed by atoms with E-state index >= 15 is 0 Å². The molecule has 0 bridgehead atoms. The number of ether oxygens (including phenoxy) is 2. The average Bonchev–Trinajstić information content (AvgIpc) is 3.39. The van der Waals surface area contributed by atoms with Crippen LogP contribution in [0, 0.1) is 0 Å². The molecule has 0 aliphatic heterocycles. The zero-order valence-electron chi connectivity index (χ0n) is 19.6. The number of carbonyl (C=O) groups excluding carboxylic acids is 1. The van der Waals surface area contributed by atoms with Gasteiger partial charge in [-0.2, -0.15) is 0 Å². The third-order valence-electron chi connectivity index (χ3n) is 5.52. The Morgan fingerprint density at radius 2 is 1.57 bits per heavy atom. The minimum Gasteiger partial charge on any atom is -0.493 e. The van der Waals surface area contributed by atoms with E-state index in [0.29, 0.717) is 34.7 Å². The first-order chi connectivity index (χ1) is 17.2. The number of aromatic nitrogens is 2. The summed E-state index contributed by atoms with van der Waals surface area (Å²) in [5.41, 5.74) is 3.17. The molecule has 0 spiro atoms. The first-order valence-electron chi connectivity index (χ1n) is 11.2. The summed E-state index contributed by atoms with van der Waals surface area (Å²) in [6.45, 7) is 0.564. The number of nitrogens with one attached hydrogen (secondary N) is 1. The van der Waals surface area contributed by atoms with Gasteiger partial charge in [0.2, 0.25) is 11.8 Å². The lowest BCUT2D eigenvalue weighted by Crippen LogP contribution is -2.27. The fraction of sp³-hybridized carbons (Fsp3) is 0.222. The monoisotopic (exact) mass is 489 g/mol. The number of rotatable bonds is 11. The molecule has 0 atom stereocenters. The third kappa shape index (κ3) is 6.42. The largest absolute Gasteiger partial charge is 0.493 e. The van der Waals surface area contributed by atoms with Crippen molar-refractivity contribution in [1.82, 2.24) is 15.5 Å². The summed E-state index contributed by atoms with van der Waals surface area (Å²) in [6, 6.07) is 26.1. The van der Waals surface area contributed by atoms with Gasteiger partial charge in [0.1, 0.15) is 0 Å². The summed E-state index contributed by atoms with van der Waals surface area (Å²) in [6.07, 6.45) is 0.800. The molecule has 3 aromatic carbocycles. The van der Waals surface area contributed by atoms with E-state index in [-0.39, 0.29) is 17.6 Å². The molecule has 0 unspecified atom stereocenters. The van der Waals surface area contributed by atoms with E-state index in [9.17, 15) is 4.79 Å². The standard InChI is InChI=1S/C27H27N3O4S/c1-32-23-14-13-21(17-24(23)33-2)26-29-30-27(34-26)35-18-25(31)28-16-15-22(19-9-5-3-6-10-19)20-11-7-4-8-12-20/h3-14,17,22H,15-16,18H2,1-2H3,(H,28,31). The van der Waals surface area contributed by atoms with Crippen LogP contribution in [-0.2, 0) is 4.79 Å². The second-order valence-corrected chi connectivity index (χ2v) is 8.67. The quantitative estimate of drug-likeness (QED) is 0.290. The van der Waals surface area contributed by atoms with Crippen molar-refractivity contribution in [2.75, 3.05) is 26.5 Å². The Bertz CT molecular complexity index is 1190. The zero-order chi connectivity index (χ0) is 24.5. The molecular formula is C27H27N3O4S. The van der Waals surface area contributed by atoms with Crippen LogP contribution in [0.5, 0.6) is 11.5 Å². The van der Waals surface area contributed by atoms with Crippen LogP contribution in [-0.4, -0.2) is 42.6 Å². The summed E-state index contributed by atoms with van der Waals surface area (Å²) >= 11 is 1.20. The maximum atomic E-state index is 12.4. The molecule has 4 aromatic rings. The fourth-order valence-electron chi connectivity index (χ4n) is 3.78. The molecule has 8 heteroatoms. The second kappa shape index (κ2) is 12.1. The molecule has 0 saturated heterocycles. The van der Waals surface area contributed by atoms with E-state index in [0.717, 1.165) is 6.42 Å². The van der Waals surface area contributed by atoms with Crippen LogP contribution < -0.4 is 14.8 Å². The molecule has 1 amide bonds. The van der Waals surface area contributed by atoms with Gasteiger partial charge in [0, 0.05) is 18.0 Å². The lowest BCUT2D eigenvalue weighted by molar-refractivity contribution is -0.118. The first-order valence-corrected chi connectivity index (χ1v) is 12.2. The maximum absolute atomic E-state index is 12.4. The van der Waals surface area contributed by atoms with Crippen LogP contribution in [0.15, 0.2) is 88.5 Å². The molecule has 0 aliphatic carbocycles. The van der Waals surface area contributed by atoms with Crippen molar-refractivity contribution >= 4 is 17.7 Å². The summed E-state index contributed by atoms with van der Waals surface area (Å²) in [5.74, 6) is 1.85. The van der Waals surface area contributed by atoms with Gasteiger partial charge in [-0.15, -0.1) is 10.2 Å². The van der Waals surface area contributed by atoms with Gasteiger partial charge in [0.15, 0.2) is 11.5 Å². The van der Waals surface area contributed by atoms with E-state index < -0.39 is 0 Å². The topological polar surface area (TPSA) is 86.5 Å². The molecule has 7 nitrogen and oxygen atoms in total. The summed E-state index contributed by atoms with van der Waals surface area (Å²) < 4.78 is 16.3. The molecule has 180 valence electrons. The van der Waals surface area contributed by atoms with E-state index in [1.54, 1.807) is 26.4 Å². The minimum atomic E-state index is -0.0826. The van der Waals surface area contributed by atoms with Gasteiger partial charge < -0.3 is 19.2 Å². The fourth-order valence-corrected chi connectivity index (χ4v) is 4.38. The molecule has 0 fully saturated rings. The maximum Gasteiger partial charge on any atom is 0.277 e. The van der Waals surface area contributed by atoms with Crippen molar-refractivity contribution in [2.24, 2.45) is 0 Å². The van der Waals surface area contributed by atoms with Gasteiger partial charge in [-0.3, -0.25) is 4.79 Å². The highest BCUT2D eigenvalue weighted by Crippen LogP contribution is 2.32. The van der Waals surface area contributed by atoms with Gasteiger partial charge in [-0.05, 0) is 35.7 Å². The Morgan fingerprint density at radius 1 is 0.914 bits per heavy atom. The minimum absolute atomic E-state index is 0.0826. The Balaban J connectivity index is 1.30. The Morgan fingerprint density at radius 3 is 2.20 bits per heavy atom. The second-order valence-electron chi connectivity index (χ2n) is 7.74. The number of hydrogen-bond acceptors (Lipinski definition) is 7. The lowest BCUT2D eigenvalue weighted by Gasteiger charge is -2.18. The van der Waals surface area contributed by atoms with Gasteiger partial charge in [0.25, 0.3) is 5.22 Å². The van der Waals surface area contributed by atoms with Crippen LogP contribution in [0.2, 0.25) is 0 Å². The number of amides is 1. The summed E-state index contributed by atoms with van der Waals surface area (Å²) in [5, 5.41) is 11.5. The van der Waals surface area contributed by atoms with Gasteiger partial charge >= 0.3 is 0 Å². The van der Waals surface area contributed by atoms with E-state index in [4.69, 9.17) is 13.9 Å². The molecule has 0 saturated carbocycles. The normalized spacial score (nSPS) is 10.8. The summed E-state index contributed by atoms with van der Waals surface area (Å²) in [4.78, 5) is 12.4. The van der Waals surface area contributed by atoms with Crippen LogP contribution >= 0.6 is 11.8 Å². The lowest BCUT2D eigenvalue weighted by atomic mass is 9.88. The smallest absolute Gasteiger partial charge is 0.277 e. The van der Waals surface area contributed by atoms with Gasteiger partial charge in [0.05, 0.1) is 20.0 Å². The molecule has 0 aliphatic rings.